The third-order valence-electron chi connectivity index (χ3n) is 3.13. The number of rotatable bonds is 1. The minimum absolute atomic E-state index is 0.165. The van der Waals surface area contributed by atoms with Crippen molar-refractivity contribution in [2.24, 2.45) is 4.99 Å². The summed E-state index contributed by atoms with van der Waals surface area (Å²) in [5, 5.41) is 0. The molecule has 1 aliphatic carbocycles. The van der Waals surface area contributed by atoms with Gasteiger partial charge in [0.05, 0.1) is 6.04 Å². The highest BCUT2D eigenvalue weighted by Gasteiger charge is 2.29. The maximum absolute atomic E-state index is 5.89. The molecule has 0 spiro atoms. The fourth-order valence-corrected chi connectivity index (χ4v) is 2.26. The standard InChI is InChI=1S/C14H15NO/c1-3-7-11(8-4-1)14-15-12-9-5-2-6-10-13(12)16-14/h1,3-4,6-8,10,12-13H,2,5,9H2/t12-,13+/m0/s1. The van der Waals surface area contributed by atoms with Crippen LogP contribution in [-0.4, -0.2) is 18.0 Å². The highest BCUT2D eigenvalue weighted by Crippen LogP contribution is 2.25. The van der Waals surface area contributed by atoms with Crippen molar-refractivity contribution >= 4 is 5.90 Å². The van der Waals surface area contributed by atoms with Gasteiger partial charge in [-0.15, -0.1) is 0 Å². The molecule has 0 bridgehead atoms. The summed E-state index contributed by atoms with van der Waals surface area (Å²) in [7, 11) is 0. The Morgan fingerprint density at radius 2 is 2.06 bits per heavy atom. The lowest BCUT2D eigenvalue weighted by Crippen LogP contribution is -2.18. The van der Waals surface area contributed by atoms with Gasteiger partial charge in [0.25, 0.3) is 0 Å². The lowest BCUT2D eigenvalue weighted by molar-refractivity contribution is 0.239. The minimum atomic E-state index is 0.165. The van der Waals surface area contributed by atoms with Gasteiger partial charge in [-0.1, -0.05) is 24.3 Å². The van der Waals surface area contributed by atoms with Gasteiger partial charge in [-0.3, -0.25) is 0 Å². The average Bonchev–Trinajstić information content (AvgIpc) is 2.62. The summed E-state index contributed by atoms with van der Waals surface area (Å²) in [5.41, 5.74) is 1.09. The number of allylic oxidation sites excluding steroid dienone is 1. The molecule has 1 aromatic carbocycles. The highest BCUT2D eigenvalue weighted by molar-refractivity contribution is 5.95. The molecule has 16 heavy (non-hydrogen) atoms. The van der Waals surface area contributed by atoms with Crippen LogP contribution in [0.3, 0.4) is 0 Å². The molecule has 2 atom stereocenters. The molecule has 0 aromatic heterocycles. The summed E-state index contributed by atoms with van der Waals surface area (Å²) < 4.78 is 5.89. The van der Waals surface area contributed by atoms with Crippen LogP contribution < -0.4 is 0 Å². The van der Waals surface area contributed by atoms with Gasteiger partial charge in [0.1, 0.15) is 6.10 Å². The highest BCUT2D eigenvalue weighted by atomic mass is 16.5. The first kappa shape index (κ1) is 9.64. The SMILES string of the molecule is C1=C[C@H]2OC(c3ccccc3)=N[C@H]2CCC1. The van der Waals surface area contributed by atoms with E-state index in [1.165, 1.54) is 6.42 Å². The average molecular weight is 213 g/mol. The molecule has 0 amide bonds. The first-order valence-corrected chi connectivity index (χ1v) is 5.90. The normalized spacial score (nSPS) is 27.9. The van der Waals surface area contributed by atoms with Crippen molar-refractivity contribution in [2.45, 2.75) is 31.4 Å². The zero-order valence-corrected chi connectivity index (χ0v) is 9.17. The molecule has 2 nitrogen and oxygen atoms in total. The van der Waals surface area contributed by atoms with Gasteiger partial charge in [-0.2, -0.15) is 0 Å². The van der Waals surface area contributed by atoms with Crippen LogP contribution in [0.25, 0.3) is 0 Å². The second-order valence-electron chi connectivity index (χ2n) is 4.31. The summed E-state index contributed by atoms with van der Waals surface area (Å²) in [5.74, 6) is 0.808. The summed E-state index contributed by atoms with van der Waals surface area (Å²) in [6.45, 7) is 0. The maximum atomic E-state index is 5.89. The van der Waals surface area contributed by atoms with Crippen LogP contribution in [0, 0.1) is 0 Å². The van der Waals surface area contributed by atoms with Gasteiger partial charge in [-0.05, 0) is 37.5 Å². The Hall–Kier alpha value is -1.57. The lowest BCUT2D eigenvalue weighted by Gasteiger charge is -2.10. The Kier molecular flexibility index (Phi) is 2.49. The summed E-state index contributed by atoms with van der Waals surface area (Å²) in [4.78, 5) is 4.68. The van der Waals surface area contributed by atoms with Crippen LogP contribution >= 0.6 is 0 Å². The van der Waals surface area contributed by atoms with Crippen LogP contribution in [0.1, 0.15) is 24.8 Å². The third-order valence-corrected chi connectivity index (χ3v) is 3.13. The Morgan fingerprint density at radius 3 is 2.94 bits per heavy atom. The van der Waals surface area contributed by atoms with E-state index in [1.54, 1.807) is 0 Å². The van der Waals surface area contributed by atoms with Crippen molar-refractivity contribution in [3.8, 4) is 0 Å². The van der Waals surface area contributed by atoms with Crippen molar-refractivity contribution < 1.29 is 4.74 Å². The van der Waals surface area contributed by atoms with Gasteiger partial charge < -0.3 is 4.74 Å². The summed E-state index contributed by atoms with van der Waals surface area (Å²) in [6.07, 6.45) is 8.05. The van der Waals surface area contributed by atoms with Crippen molar-refractivity contribution in [3.05, 3.63) is 48.0 Å². The monoisotopic (exact) mass is 213 g/mol. The molecule has 0 N–H and O–H groups in total. The van der Waals surface area contributed by atoms with E-state index in [0.717, 1.165) is 24.3 Å². The van der Waals surface area contributed by atoms with Gasteiger partial charge in [-0.25, -0.2) is 4.99 Å². The molecule has 82 valence electrons. The molecule has 3 rings (SSSR count). The van der Waals surface area contributed by atoms with E-state index in [-0.39, 0.29) is 6.10 Å². The smallest absolute Gasteiger partial charge is 0.217 e. The van der Waals surface area contributed by atoms with Gasteiger partial charge in [0.2, 0.25) is 5.90 Å². The molecule has 2 aliphatic rings. The molecule has 1 heterocycles. The van der Waals surface area contributed by atoms with Crippen LogP contribution in [0.5, 0.6) is 0 Å². The maximum Gasteiger partial charge on any atom is 0.217 e. The number of hydrogen-bond acceptors (Lipinski definition) is 2. The second-order valence-corrected chi connectivity index (χ2v) is 4.31. The number of aliphatic imine (C=N–C) groups is 1. The van der Waals surface area contributed by atoms with Crippen molar-refractivity contribution in [1.82, 2.24) is 0 Å². The Bertz CT molecular complexity index is 422. The molecule has 2 heteroatoms. The number of hydrogen-bond donors (Lipinski definition) is 0. The summed E-state index contributed by atoms with van der Waals surface area (Å²) in [6, 6.07) is 10.5. The molecule has 0 fully saturated rings. The van der Waals surface area contributed by atoms with Crippen LogP contribution in [0.2, 0.25) is 0 Å². The van der Waals surface area contributed by atoms with Crippen LogP contribution in [-0.2, 0) is 4.74 Å². The first-order valence-electron chi connectivity index (χ1n) is 5.90. The largest absolute Gasteiger partial charge is 0.468 e. The first-order chi connectivity index (χ1) is 7.93. The van der Waals surface area contributed by atoms with Gasteiger partial charge in [0.15, 0.2) is 0 Å². The lowest BCUT2D eigenvalue weighted by atomic mass is 10.1. The quantitative estimate of drug-likeness (QED) is 0.657. The molecular weight excluding hydrogens is 198 g/mol. The molecule has 1 aliphatic heterocycles. The Labute approximate surface area is 95.7 Å². The van der Waals surface area contributed by atoms with Gasteiger partial charge >= 0.3 is 0 Å². The Morgan fingerprint density at radius 1 is 1.19 bits per heavy atom. The molecule has 0 saturated carbocycles. The summed E-state index contributed by atoms with van der Waals surface area (Å²) >= 11 is 0. The molecule has 0 radical (unpaired) electrons. The van der Waals surface area contributed by atoms with E-state index in [1.807, 2.05) is 30.3 Å². The van der Waals surface area contributed by atoms with E-state index in [9.17, 15) is 0 Å². The second kappa shape index (κ2) is 4.12. The Balaban J connectivity index is 1.85. The molecule has 0 saturated heterocycles. The zero-order chi connectivity index (χ0) is 10.8. The van der Waals surface area contributed by atoms with Crippen LogP contribution in [0.15, 0.2) is 47.5 Å². The fourth-order valence-electron chi connectivity index (χ4n) is 2.26. The van der Waals surface area contributed by atoms with E-state index >= 15 is 0 Å². The predicted octanol–water partition coefficient (Wildman–Crippen LogP) is 2.94. The number of nitrogens with zero attached hydrogens (tertiary/aromatic N) is 1. The molecular formula is C14H15NO. The topological polar surface area (TPSA) is 21.6 Å². The van der Waals surface area contributed by atoms with E-state index in [2.05, 4.69) is 17.1 Å². The molecule has 1 aromatic rings. The van der Waals surface area contributed by atoms with Crippen molar-refractivity contribution in [3.63, 3.8) is 0 Å². The van der Waals surface area contributed by atoms with Crippen LogP contribution in [0.4, 0.5) is 0 Å². The third kappa shape index (κ3) is 1.75. The van der Waals surface area contributed by atoms with E-state index < -0.39 is 0 Å². The van der Waals surface area contributed by atoms with E-state index in [4.69, 9.17) is 4.74 Å². The fraction of sp³-hybridized carbons (Fsp3) is 0.357. The van der Waals surface area contributed by atoms with Gasteiger partial charge in [0, 0.05) is 5.56 Å². The minimum Gasteiger partial charge on any atom is -0.468 e. The van der Waals surface area contributed by atoms with Crippen molar-refractivity contribution in [2.75, 3.05) is 0 Å². The van der Waals surface area contributed by atoms with Crippen molar-refractivity contribution in [1.29, 1.82) is 0 Å². The predicted molar refractivity (Wildman–Crippen MR) is 64.6 cm³/mol. The number of benzene rings is 1. The number of ether oxygens (including phenoxy) is 1. The zero-order valence-electron chi connectivity index (χ0n) is 9.17. The molecule has 0 unspecified atom stereocenters. The number of fused-ring (bicyclic) bond motifs is 1. The van der Waals surface area contributed by atoms with E-state index in [0.29, 0.717) is 6.04 Å².